The van der Waals surface area contributed by atoms with E-state index in [4.69, 9.17) is 9.15 Å². The predicted molar refractivity (Wildman–Crippen MR) is 72.1 cm³/mol. The molecule has 0 aliphatic heterocycles. The topological polar surface area (TPSA) is 39.4 Å². The first-order valence-electron chi connectivity index (χ1n) is 6.30. The zero-order chi connectivity index (χ0) is 13.2. The van der Waals surface area contributed by atoms with E-state index in [1.54, 1.807) is 6.08 Å². The maximum atomic E-state index is 11.2. The largest absolute Gasteiger partial charge is 0.462 e. The van der Waals surface area contributed by atoms with Gasteiger partial charge in [-0.1, -0.05) is 32.4 Å². The van der Waals surface area contributed by atoms with Crippen LogP contribution in [0.25, 0.3) is 6.08 Å². The van der Waals surface area contributed by atoms with Crippen LogP contribution < -0.4 is 0 Å². The van der Waals surface area contributed by atoms with Gasteiger partial charge in [0.25, 0.3) is 0 Å². The van der Waals surface area contributed by atoms with Gasteiger partial charge in [0, 0.05) is 12.5 Å². The summed E-state index contributed by atoms with van der Waals surface area (Å²) in [5, 5.41) is 0. The average Bonchev–Trinajstić information content (AvgIpc) is 2.82. The molecule has 1 aromatic rings. The summed E-state index contributed by atoms with van der Waals surface area (Å²) in [6.45, 7) is 5.87. The Hall–Kier alpha value is -1.77. The Balaban J connectivity index is 2.40. The van der Waals surface area contributed by atoms with E-state index in [-0.39, 0.29) is 12.6 Å². The van der Waals surface area contributed by atoms with Gasteiger partial charge in [-0.15, -0.1) is 0 Å². The summed E-state index contributed by atoms with van der Waals surface area (Å²) >= 11 is 0. The molecule has 98 valence electrons. The number of furan rings is 1. The van der Waals surface area contributed by atoms with Crippen molar-refractivity contribution in [3.05, 3.63) is 42.4 Å². The van der Waals surface area contributed by atoms with Crippen molar-refractivity contribution in [1.82, 2.24) is 0 Å². The van der Waals surface area contributed by atoms with E-state index in [0.29, 0.717) is 5.76 Å². The van der Waals surface area contributed by atoms with E-state index in [2.05, 4.69) is 13.5 Å². The van der Waals surface area contributed by atoms with Crippen LogP contribution in [-0.2, 0) is 16.0 Å². The van der Waals surface area contributed by atoms with Crippen molar-refractivity contribution in [2.75, 3.05) is 6.61 Å². The van der Waals surface area contributed by atoms with Gasteiger partial charge in [0.2, 0.25) is 0 Å². The third kappa shape index (κ3) is 5.53. The molecule has 3 nitrogen and oxygen atoms in total. The highest BCUT2D eigenvalue weighted by Gasteiger charge is 2.00. The summed E-state index contributed by atoms with van der Waals surface area (Å²) in [7, 11) is 0. The first-order chi connectivity index (χ1) is 8.76. The van der Waals surface area contributed by atoms with Crippen LogP contribution in [0.3, 0.4) is 0 Å². The number of unbranched alkanes of at least 4 members (excludes halogenated alkanes) is 2. The van der Waals surface area contributed by atoms with E-state index < -0.39 is 0 Å². The van der Waals surface area contributed by atoms with Gasteiger partial charge in [-0.2, -0.15) is 0 Å². The lowest BCUT2D eigenvalue weighted by Gasteiger charge is -1.95. The third-order valence-corrected chi connectivity index (χ3v) is 2.44. The Kier molecular flexibility index (Phi) is 6.62. The lowest BCUT2D eigenvalue weighted by molar-refractivity contribution is -0.136. The third-order valence-electron chi connectivity index (χ3n) is 2.44. The number of rotatable bonds is 8. The SMILES string of the molecule is C=CCOC(=O)/C=C/c1ccc(CCCCC)o1. The molecule has 0 aliphatic carbocycles. The van der Waals surface area contributed by atoms with Crippen LogP contribution >= 0.6 is 0 Å². The summed E-state index contributed by atoms with van der Waals surface area (Å²) in [6.07, 6.45) is 9.00. The van der Waals surface area contributed by atoms with Crippen LogP contribution in [0.1, 0.15) is 37.7 Å². The van der Waals surface area contributed by atoms with Crippen LogP contribution in [-0.4, -0.2) is 12.6 Å². The number of ether oxygens (including phenoxy) is 1. The first-order valence-corrected chi connectivity index (χ1v) is 6.30. The van der Waals surface area contributed by atoms with E-state index in [0.717, 1.165) is 18.6 Å². The molecule has 0 fully saturated rings. The summed E-state index contributed by atoms with van der Waals surface area (Å²) < 4.78 is 10.4. The molecule has 0 N–H and O–H groups in total. The number of aryl methyl sites for hydroxylation is 1. The normalized spacial score (nSPS) is 10.7. The highest BCUT2D eigenvalue weighted by molar-refractivity contribution is 5.86. The maximum absolute atomic E-state index is 11.2. The van der Waals surface area contributed by atoms with E-state index in [1.165, 1.54) is 25.0 Å². The number of carbonyl (C=O) groups is 1. The number of carbonyl (C=O) groups excluding carboxylic acids is 1. The van der Waals surface area contributed by atoms with Crippen molar-refractivity contribution in [1.29, 1.82) is 0 Å². The lowest BCUT2D eigenvalue weighted by Crippen LogP contribution is -1.99. The Morgan fingerprint density at radius 3 is 3.00 bits per heavy atom. The minimum Gasteiger partial charge on any atom is -0.462 e. The van der Waals surface area contributed by atoms with Crippen molar-refractivity contribution in [3.63, 3.8) is 0 Å². The Morgan fingerprint density at radius 2 is 2.28 bits per heavy atom. The molecule has 0 spiro atoms. The van der Waals surface area contributed by atoms with Crippen LogP contribution in [0.15, 0.2) is 35.3 Å². The Bertz CT molecular complexity index is 402. The van der Waals surface area contributed by atoms with Gasteiger partial charge in [0.05, 0.1) is 0 Å². The Labute approximate surface area is 108 Å². The van der Waals surface area contributed by atoms with Crippen LogP contribution in [0, 0.1) is 0 Å². The molecule has 0 aromatic carbocycles. The quantitative estimate of drug-likeness (QED) is 0.304. The van der Waals surface area contributed by atoms with Gasteiger partial charge in [-0.25, -0.2) is 4.79 Å². The van der Waals surface area contributed by atoms with Crippen molar-refractivity contribution < 1.29 is 13.9 Å². The van der Waals surface area contributed by atoms with Gasteiger partial charge in [-0.05, 0) is 24.6 Å². The van der Waals surface area contributed by atoms with Crippen molar-refractivity contribution in [3.8, 4) is 0 Å². The Morgan fingerprint density at radius 1 is 1.44 bits per heavy atom. The van der Waals surface area contributed by atoms with Gasteiger partial charge in [-0.3, -0.25) is 0 Å². The molecular formula is C15H20O3. The van der Waals surface area contributed by atoms with Gasteiger partial charge < -0.3 is 9.15 Å². The number of esters is 1. The smallest absolute Gasteiger partial charge is 0.331 e. The second kappa shape index (κ2) is 8.34. The van der Waals surface area contributed by atoms with Crippen molar-refractivity contribution in [2.24, 2.45) is 0 Å². The molecule has 1 rings (SSSR count). The van der Waals surface area contributed by atoms with Crippen LogP contribution in [0.5, 0.6) is 0 Å². The van der Waals surface area contributed by atoms with Gasteiger partial charge >= 0.3 is 5.97 Å². The molecule has 3 heteroatoms. The maximum Gasteiger partial charge on any atom is 0.331 e. The average molecular weight is 248 g/mol. The second-order valence-electron chi connectivity index (χ2n) is 4.01. The zero-order valence-electron chi connectivity index (χ0n) is 10.9. The number of hydrogen-bond acceptors (Lipinski definition) is 3. The molecule has 0 bridgehead atoms. The fourth-order valence-electron chi connectivity index (χ4n) is 1.51. The molecule has 0 amide bonds. The molecule has 0 saturated heterocycles. The van der Waals surface area contributed by atoms with E-state index in [1.807, 2.05) is 12.1 Å². The molecule has 0 saturated carbocycles. The van der Waals surface area contributed by atoms with Crippen molar-refractivity contribution in [2.45, 2.75) is 32.6 Å². The van der Waals surface area contributed by atoms with Gasteiger partial charge in [0.1, 0.15) is 18.1 Å². The summed E-state index contributed by atoms with van der Waals surface area (Å²) in [4.78, 5) is 11.2. The zero-order valence-corrected chi connectivity index (χ0v) is 10.9. The molecule has 0 aliphatic rings. The van der Waals surface area contributed by atoms with Crippen LogP contribution in [0.4, 0.5) is 0 Å². The van der Waals surface area contributed by atoms with Gasteiger partial charge in [0.15, 0.2) is 0 Å². The molecule has 0 atom stereocenters. The fourth-order valence-corrected chi connectivity index (χ4v) is 1.51. The van der Waals surface area contributed by atoms with E-state index >= 15 is 0 Å². The van der Waals surface area contributed by atoms with E-state index in [9.17, 15) is 4.79 Å². The molecule has 1 aromatic heterocycles. The summed E-state index contributed by atoms with van der Waals surface area (Å²) in [5.74, 6) is 1.25. The molecule has 0 unspecified atom stereocenters. The standard InChI is InChI=1S/C15H20O3/c1-3-5-6-7-13-8-9-14(18-13)10-11-15(16)17-12-4-2/h4,8-11H,2-3,5-7,12H2,1H3/b11-10+. The highest BCUT2D eigenvalue weighted by atomic mass is 16.5. The minimum atomic E-state index is -0.390. The summed E-state index contributed by atoms with van der Waals surface area (Å²) in [5.41, 5.74) is 0. The molecular weight excluding hydrogens is 228 g/mol. The van der Waals surface area contributed by atoms with Crippen LogP contribution in [0.2, 0.25) is 0 Å². The number of hydrogen-bond donors (Lipinski definition) is 0. The molecule has 0 radical (unpaired) electrons. The molecule has 1 heterocycles. The lowest BCUT2D eigenvalue weighted by atomic mass is 10.2. The highest BCUT2D eigenvalue weighted by Crippen LogP contribution is 2.12. The monoisotopic (exact) mass is 248 g/mol. The predicted octanol–water partition coefficient (Wildman–Crippen LogP) is 3.75. The van der Waals surface area contributed by atoms with Crippen molar-refractivity contribution >= 4 is 12.0 Å². The minimum absolute atomic E-state index is 0.226. The molecule has 18 heavy (non-hydrogen) atoms. The second-order valence-corrected chi connectivity index (χ2v) is 4.01. The fraction of sp³-hybridized carbons (Fsp3) is 0.400. The summed E-state index contributed by atoms with van der Waals surface area (Å²) in [6, 6.07) is 3.81. The first kappa shape index (κ1) is 14.3.